The first kappa shape index (κ1) is 21.1. The quantitative estimate of drug-likeness (QED) is 0.411. The van der Waals surface area contributed by atoms with Gasteiger partial charge in [0.05, 0.1) is 0 Å². The van der Waals surface area contributed by atoms with Gasteiger partial charge < -0.3 is 15.3 Å². The number of rotatable bonds is 10. The average Bonchev–Trinajstić information content (AvgIpc) is 3.57. The zero-order valence-corrected chi connectivity index (χ0v) is 18.1. The van der Waals surface area contributed by atoms with Gasteiger partial charge in [0, 0.05) is 17.5 Å². The van der Waals surface area contributed by atoms with E-state index in [2.05, 4.69) is 59.3 Å². The fraction of sp³-hybridized carbons (Fsp3) is 0.481. The zero-order valence-electron chi connectivity index (χ0n) is 18.1. The molecule has 1 heterocycles. The van der Waals surface area contributed by atoms with E-state index in [1.165, 1.54) is 69.4 Å². The predicted octanol–water partition coefficient (Wildman–Crippen LogP) is 5.40. The molecular weight excluding hydrogens is 368 g/mol. The maximum absolute atomic E-state index is 9.41. The van der Waals surface area contributed by atoms with E-state index < -0.39 is 0 Å². The van der Waals surface area contributed by atoms with Gasteiger partial charge in [-0.2, -0.15) is 0 Å². The summed E-state index contributed by atoms with van der Waals surface area (Å²) in [7, 11) is 0. The summed E-state index contributed by atoms with van der Waals surface area (Å²) in [6.07, 6.45) is 7.58. The summed E-state index contributed by atoms with van der Waals surface area (Å²) in [5.41, 5.74) is 3.66. The maximum atomic E-state index is 9.41. The third-order valence-corrected chi connectivity index (χ3v) is 6.87. The van der Waals surface area contributed by atoms with Crippen molar-refractivity contribution in [1.82, 2.24) is 10.2 Å². The number of aliphatic hydroxyl groups is 1. The summed E-state index contributed by atoms with van der Waals surface area (Å²) in [6, 6.07) is 19.8. The minimum atomic E-state index is 0.147. The van der Waals surface area contributed by atoms with Crippen LogP contribution in [0.2, 0.25) is 0 Å². The van der Waals surface area contributed by atoms with Crippen molar-refractivity contribution in [1.29, 1.82) is 0 Å². The topological polar surface area (TPSA) is 35.5 Å². The third-order valence-electron chi connectivity index (χ3n) is 6.87. The van der Waals surface area contributed by atoms with Crippen molar-refractivity contribution in [3.63, 3.8) is 0 Å². The van der Waals surface area contributed by atoms with E-state index >= 15 is 0 Å². The molecule has 3 nitrogen and oxygen atoms in total. The molecule has 2 fully saturated rings. The number of hydrogen-bond donors (Lipinski definition) is 2. The first-order chi connectivity index (χ1) is 14.7. The van der Waals surface area contributed by atoms with Crippen LogP contribution in [-0.4, -0.2) is 42.2 Å². The molecule has 2 N–H and O–H groups in total. The van der Waals surface area contributed by atoms with Crippen LogP contribution in [0.15, 0.2) is 61.2 Å². The Bertz CT molecular complexity index is 793. The fourth-order valence-electron chi connectivity index (χ4n) is 4.75. The Balaban J connectivity index is 1.06. The van der Waals surface area contributed by atoms with E-state index in [-0.39, 0.29) is 5.76 Å². The fourth-order valence-corrected chi connectivity index (χ4v) is 4.75. The van der Waals surface area contributed by atoms with Gasteiger partial charge in [-0.1, -0.05) is 61.2 Å². The Labute approximate surface area is 181 Å². The highest BCUT2D eigenvalue weighted by atomic mass is 16.3. The van der Waals surface area contributed by atoms with Crippen LogP contribution in [0.5, 0.6) is 0 Å². The monoisotopic (exact) mass is 404 g/mol. The molecule has 1 aliphatic carbocycles. The second kappa shape index (κ2) is 10.3. The van der Waals surface area contributed by atoms with Gasteiger partial charge in [-0.3, -0.25) is 0 Å². The van der Waals surface area contributed by atoms with Crippen molar-refractivity contribution < 1.29 is 5.11 Å². The van der Waals surface area contributed by atoms with E-state index in [0.717, 1.165) is 23.8 Å². The van der Waals surface area contributed by atoms with Crippen LogP contribution in [0.4, 0.5) is 0 Å². The van der Waals surface area contributed by atoms with E-state index in [9.17, 15) is 5.11 Å². The smallest absolute Gasteiger partial charge is 0.115 e. The van der Waals surface area contributed by atoms with Gasteiger partial charge in [0.25, 0.3) is 0 Å². The van der Waals surface area contributed by atoms with Crippen LogP contribution in [0.25, 0.3) is 5.76 Å². The number of aryl methyl sites for hydroxylation is 1. The van der Waals surface area contributed by atoms with Crippen molar-refractivity contribution >= 4 is 5.76 Å². The van der Waals surface area contributed by atoms with Crippen LogP contribution in [0, 0.1) is 5.92 Å². The van der Waals surface area contributed by atoms with Crippen LogP contribution in [-0.2, 0) is 6.42 Å². The summed E-state index contributed by atoms with van der Waals surface area (Å²) in [4.78, 5) is 2.65. The van der Waals surface area contributed by atoms with E-state index in [4.69, 9.17) is 0 Å². The predicted molar refractivity (Wildman–Crippen MR) is 126 cm³/mol. The lowest BCUT2D eigenvalue weighted by atomic mass is 9.96. The first-order valence-electron chi connectivity index (χ1n) is 11.7. The van der Waals surface area contributed by atoms with E-state index in [1.54, 1.807) is 0 Å². The van der Waals surface area contributed by atoms with Crippen molar-refractivity contribution in [3.8, 4) is 0 Å². The Morgan fingerprint density at radius 2 is 1.73 bits per heavy atom. The van der Waals surface area contributed by atoms with Crippen molar-refractivity contribution in [2.24, 2.45) is 5.92 Å². The Morgan fingerprint density at radius 3 is 2.43 bits per heavy atom. The molecule has 0 radical (unpaired) electrons. The number of piperidine rings is 1. The van der Waals surface area contributed by atoms with Crippen molar-refractivity contribution in [2.75, 3.05) is 26.2 Å². The lowest BCUT2D eigenvalue weighted by Crippen LogP contribution is -2.38. The third kappa shape index (κ3) is 5.96. The second-order valence-electron chi connectivity index (χ2n) is 9.15. The molecule has 0 unspecified atom stereocenters. The second-order valence-corrected chi connectivity index (χ2v) is 9.15. The molecule has 1 aliphatic heterocycles. The number of unbranched alkanes of at least 4 members (excludes halogenated alkanes) is 1. The van der Waals surface area contributed by atoms with Crippen molar-refractivity contribution in [2.45, 2.75) is 50.5 Å². The Kier molecular flexibility index (Phi) is 7.24. The van der Waals surface area contributed by atoms with E-state index in [1.807, 2.05) is 12.1 Å². The Hall–Kier alpha value is -2.10. The highest BCUT2D eigenvalue weighted by Gasteiger charge is 2.38. The molecule has 1 saturated carbocycles. The van der Waals surface area contributed by atoms with Crippen LogP contribution in [0.3, 0.4) is 0 Å². The van der Waals surface area contributed by atoms with Crippen LogP contribution < -0.4 is 5.32 Å². The van der Waals surface area contributed by atoms with Gasteiger partial charge in [-0.05, 0) is 81.7 Å². The molecule has 2 aliphatic rings. The summed E-state index contributed by atoms with van der Waals surface area (Å²) in [5, 5.41) is 13.2. The minimum Gasteiger partial charge on any atom is -0.508 e. The summed E-state index contributed by atoms with van der Waals surface area (Å²) >= 11 is 0. The molecule has 0 amide bonds. The lowest BCUT2D eigenvalue weighted by molar-refractivity contribution is 0.179. The van der Waals surface area contributed by atoms with Crippen LogP contribution in [0.1, 0.15) is 54.7 Å². The maximum Gasteiger partial charge on any atom is 0.115 e. The molecule has 4 rings (SSSR count). The molecule has 0 spiro atoms. The number of aliphatic hydroxyl groups excluding tert-OH is 1. The number of nitrogens with zero attached hydrogens (tertiary/aromatic N) is 1. The van der Waals surface area contributed by atoms with Gasteiger partial charge in [0.1, 0.15) is 5.76 Å². The molecular formula is C27H36N2O. The molecule has 0 aromatic heterocycles. The highest BCUT2D eigenvalue weighted by molar-refractivity contribution is 5.55. The van der Waals surface area contributed by atoms with Crippen LogP contribution >= 0.6 is 0 Å². The van der Waals surface area contributed by atoms with E-state index in [0.29, 0.717) is 6.04 Å². The minimum absolute atomic E-state index is 0.147. The number of hydrogen-bond acceptors (Lipinski definition) is 3. The van der Waals surface area contributed by atoms with Gasteiger partial charge in [0.2, 0.25) is 0 Å². The molecule has 2 atom stereocenters. The lowest BCUT2D eigenvalue weighted by Gasteiger charge is -2.32. The normalized spacial score (nSPS) is 22.1. The molecule has 3 heteroatoms. The average molecular weight is 405 g/mol. The van der Waals surface area contributed by atoms with Gasteiger partial charge >= 0.3 is 0 Å². The largest absolute Gasteiger partial charge is 0.508 e. The van der Waals surface area contributed by atoms with Gasteiger partial charge in [0.15, 0.2) is 0 Å². The Morgan fingerprint density at radius 1 is 1.00 bits per heavy atom. The molecule has 2 aromatic rings. The zero-order chi connectivity index (χ0) is 20.8. The molecule has 0 bridgehead atoms. The molecule has 2 aromatic carbocycles. The summed E-state index contributed by atoms with van der Waals surface area (Å²) < 4.78 is 0. The summed E-state index contributed by atoms with van der Waals surface area (Å²) in [6.45, 7) is 8.50. The highest BCUT2D eigenvalue weighted by Crippen LogP contribution is 2.40. The summed E-state index contributed by atoms with van der Waals surface area (Å²) in [5.74, 6) is 1.73. The molecule has 160 valence electrons. The number of likely N-dealkylation sites (tertiary alicyclic amines) is 1. The van der Waals surface area contributed by atoms with Crippen molar-refractivity contribution in [3.05, 3.63) is 77.9 Å². The number of nitrogens with one attached hydrogen (secondary N) is 1. The molecule has 30 heavy (non-hydrogen) atoms. The first-order valence-corrected chi connectivity index (χ1v) is 11.7. The molecule has 1 saturated heterocycles. The SMILES string of the molecule is C=C(O)c1ccc(CCCCN2CCC(CN[C@@H]3C[C@H]3c3ccccc3)CC2)cc1. The van der Waals surface area contributed by atoms with Gasteiger partial charge in [-0.25, -0.2) is 0 Å². The standard InChI is InChI=1S/C27H36N2O/c1-21(30)24-12-10-22(11-13-24)7-5-6-16-29-17-14-23(15-18-29)20-28-27-19-26(27)25-8-3-2-4-9-25/h2-4,8-13,23,26-28,30H,1,5-7,14-20H2/t26-,27+/m0/s1. The number of benzene rings is 2. The van der Waals surface area contributed by atoms with Gasteiger partial charge in [-0.15, -0.1) is 0 Å².